The van der Waals surface area contributed by atoms with Crippen molar-refractivity contribution in [2.24, 2.45) is 0 Å². The number of aliphatic hydroxyl groups is 1. The number of carbonyl (C=O) groups is 3. The Morgan fingerprint density at radius 1 is 1.33 bits per heavy atom. The van der Waals surface area contributed by atoms with Crippen LogP contribution >= 0.6 is 15.9 Å². The number of carboxylic acid groups (broad SMARTS) is 1. The zero-order valence-electron chi connectivity index (χ0n) is 11.5. The summed E-state index contributed by atoms with van der Waals surface area (Å²) in [4.78, 5) is 33.4. The third-order valence-corrected chi connectivity index (χ3v) is 3.89. The Morgan fingerprint density at radius 3 is 2.43 bits per heavy atom. The molecule has 0 aliphatic rings. The summed E-state index contributed by atoms with van der Waals surface area (Å²) in [5.74, 6) is -2.30. The molecule has 1 rings (SSSR count). The molecule has 0 aliphatic carbocycles. The monoisotopic (exact) mass is 358 g/mol. The molecule has 0 amide bonds. The van der Waals surface area contributed by atoms with Crippen molar-refractivity contribution < 1.29 is 29.3 Å². The number of carboxylic acids is 1. The molecule has 114 valence electrons. The van der Waals surface area contributed by atoms with E-state index in [4.69, 9.17) is 9.84 Å². The SMILES string of the molecule is CCOC(=O)c1ccc(C(O)C(=O)O)cc1C(Br)C(C)=O. The van der Waals surface area contributed by atoms with Crippen LogP contribution in [0.25, 0.3) is 0 Å². The van der Waals surface area contributed by atoms with Gasteiger partial charge in [-0.15, -0.1) is 0 Å². The van der Waals surface area contributed by atoms with Crippen molar-refractivity contribution in [3.05, 3.63) is 34.9 Å². The maximum Gasteiger partial charge on any atom is 0.338 e. The molecular weight excluding hydrogens is 344 g/mol. The maximum absolute atomic E-state index is 11.9. The Balaban J connectivity index is 3.36. The predicted molar refractivity (Wildman–Crippen MR) is 77.3 cm³/mol. The van der Waals surface area contributed by atoms with Crippen molar-refractivity contribution in [1.82, 2.24) is 0 Å². The Morgan fingerprint density at radius 2 is 1.95 bits per heavy atom. The third kappa shape index (κ3) is 4.12. The quantitative estimate of drug-likeness (QED) is 0.595. The van der Waals surface area contributed by atoms with E-state index in [2.05, 4.69) is 15.9 Å². The molecule has 2 unspecified atom stereocenters. The highest BCUT2D eigenvalue weighted by molar-refractivity contribution is 9.09. The predicted octanol–water partition coefficient (Wildman–Crippen LogP) is 2.01. The van der Waals surface area contributed by atoms with Crippen LogP contribution in [0.15, 0.2) is 18.2 Å². The van der Waals surface area contributed by atoms with Crippen LogP contribution in [0.3, 0.4) is 0 Å². The van der Waals surface area contributed by atoms with E-state index in [1.807, 2.05) is 0 Å². The van der Waals surface area contributed by atoms with Crippen molar-refractivity contribution in [2.75, 3.05) is 6.61 Å². The number of rotatable bonds is 6. The van der Waals surface area contributed by atoms with Gasteiger partial charge in [-0.25, -0.2) is 9.59 Å². The average molecular weight is 359 g/mol. The Bertz CT molecular complexity index is 569. The van der Waals surface area contributed by atoms with Crippen molar-refractivity contribution in [1.29, 1.82) is 0 Å². The molecule has 0 spiro atoms. The lowest BCUT2D eigenvalue weighted by molar-refractivity contribution is -0.146. The Kier molecular flexibility index (Phi) is 6.04. The van der Waals surface area contributed by atoms with Crippen LogP contribution in [0, 0.1) is 0 Å². The van der Waals surface area contributed by atoms with Gasteiger partial charge in [0.15, 0.2) is 6.10 Å². The van der Waals surface area contributed by atoms with Crippen LogP contribution in [0.5, 0.6) is 0 Å². The fourth-order valence-electron chi connectivity index (χ4n) is 1.72. The molecule has 0 aliphatic heterocycles. The van der Waals surface area contributed by atoms with E-state index in [0.29, 0.717) is 0 Å². The first-order valence-electron chi connectivity index (χ1n) is 6.16. The smallest absolute Gasteiger partial charge is 0.338 e. The van der Waals surface area contributed by atoms with Crippen molar-refractivity contribution in [3.63, 3.8) is 0 Å². The van der Waals surface area contributed by atoms with Gasteiger partial charge in [0.25, 0.3) is 0 Å². The summed E-state index contributed by atoms with van der Waals surface area (Å²) in [7, 11) is 0. The van der Waals surface area contributed by atoms with Gasteiger partial charge in [-0.2, -0.15) is 0 Å². The molecule has 0 fully saturated rings. The number of alkyl halides is 1. The number of hydrogen-bond acceptors (Lipinski definition) is 5. The number of aliphatic hydroxyl groups excluding tert-OH is 1. The molecule has 1 aromatic rings. The van der Waals surface area contributed by atoms with Gasteiger partial charge in [-0.3, -0.25) is 4.79 Å². The molecule has 21 heavy (non-hydrogen) atoms. The van der Waals surface area contributed by atoms with Gasteiger partial charge in [0.05, 0.1) is 17.0 Å². The van der Waals surface area contributed by atoms with Gasteiger partial charge in [0, 0.05) is 0 Å². The molecule has 6 nitrogen and oxygen atoms in total. The van der Waals surface area contributed by atoms with E-state index in [9.17, 15) is 19.5 Å². The average Bonchev–Trinajstić information content (AvgIpc) is 2.44. The fraction of sp³-hybridized carbons (Fsp3) is 0.357. The number of ether oxygens (including phenoxy) is 1. The minimum atomic E-state index is -1.73. The number of hydrogen-bond donors (Lipinski definition) is 2. The number of carbonyl (C=O) groups excluding carboxylic acids is 2. The van der Waals surface area contributed by atoms with Crippen LogP contribution in [0.1, 0.15) is 46.3 Å². The van der Waals surface area contributed by atoms with E-state index in [1.54, 1.807) is 6.92 Å². The molecule has 0 aromatic heterocycles. The van der Waals surface area contributed by atoms with Gasteiger partial charge in [0.1, 0.15) is 5.78 Å². The molecule has 0 bridgehead atoms. The number of halogens is 1. The number of aliphatic carboxylic acids is 1. The number of benzene rings is 1. The molecule has 7 heteroatoms. The maximum atomic E-state index is 11.9. The van der Waals surface area contributed by atoms with Crippen molar-refractivity contribution in [3.8, 4) is 0 Å². The summed E-state index contributed by atoms with van der Waals surface area (Å²) >= 11 is 3.15. The second-order valence-corrected chi connectivity index (χ2v) is 5.20. The zero-order chi connectivity index (χ0) is 16.2. The molecular formula is C14H15BrO6. The Labute approximate surface area is 129 Å². The summed E-state index contributed by atoms with van der Waals surface area (Å²) in [6.45, 7) is 3.15. The molecule has 1 aromatic carbocycles. The van der Waals surface area contributed by atoms with Crippen LogP contribution in [0.4, 0.5) is 0 Å². The first-order valence-corrected chi connectivity index (χ1v) is 7.07. The summed E-state index contributed by atoms with van der Waals surface area (Å²) < 4.78 is 4.90. The van der Waals surface area contributed by atoms with Gasteiger partial charge < -0.3 is 14.9 Å². The standard InChI is InChI=1S/C14H15BrO6/c1-3-21-14(20)9-5-4-8(12(17)13(18)19)6-10(9)11(15)7(2)16/h4-6,11-12,17H,3H2,1-2H3,(H,18,19). The topological polar surface area (TPSA) is 101 Å². The van der Waals surface area contributed by atoms with E-state index in [0.717, 1.165) is 0 Å². The minimum Gasteiger partial charge on any atom is -0.479 e. The summed E-state index contributed by atoms with van der Waals surface area (Å²) in [5, 5.41) is 18.4. The third-order valence-electron chi connectivity index (χ3n) is 2.75. The summed E-state index contributed by atoms with van der Waals surface area (Å²) in [5.41, 5.74) is 0.491. The minimum absolute atomic E-state index is 0.0799. The van der Waals surface area contributed by atoms with Crippen molar-refractivity contribution >= 4 is 33.7 Å². The number of esters is 1. The Hall–Kier alpha value is -1.73. The molecule has 2 atom stereocenters. The summed E-state index contributed by atoms with van der Waals surface area (Å²) in [6, 6.07) is 3.96. The van der Waals surface area contributed by atoms with Crippen molar-refractivity contribution in [2.45, 2.75) is 24.8 Å². The van der Waals surface area contributed by atoms with E-state index < -0.39 is 22.9 Å². The lowest BCUT2D eigenvalue weighted by Gasteiger charge is -2.15. The highest BCUT2D eigenvalue weighted by Gasteiger charge is 2.24. The van der Waals surface area contributed by atoms with Crippen LogP contribution in [-0.4, -0.2) is 34.5 Å². The number of Topliss-reactive ketones (excluding diaryl/α,β-unsaturated/α-hetero) is 1. The second-order valence-electron chi connectivity index (χ2n) is 4.28. The lowest BCUT2D eigenvalue weighted by Crippen LogP contribution is -2.15. The fourth-order valence-corrected chi connectivity index (χ4v) is 2.10. The van der Waals surface area contributed by atoms with Gasteiger partial charge >= 0.3 is 11.9 Å². The number of ketones is 1. The largest absolute Gasteiger partial charge is 0.479 e. The zero-order valence-corrected chi connectivity index (χ0v) is 13.1. The molecule has 2 N–H and O–H groups in total. The normalized spacial score (nSPS) is 13.3. The van der Waals surface area contributed by atoms with Gasteiger partial charge in [0.2, 0.25) is 0 Å². The molecule has 0 saturated carbocycles. The van der Waals surface area contributed by atoms with Gasteiger partial charge in [-0.05, 0) is 31.0 Å². The molecule has 0 saturated heterocycles. The van der Waals surface area contributed by atoms with Crippen LogP contribution in [-0.2, 0) is 14.3 Å². The van der Waals surface area contributed by atoms with Crippen LogP contribution in [0.2, 0.25) is 0 Å². The lowest BCUT2D eigenvalue weighted by atomic mass is 9.97. The van der Waals surface area contributed by atoms with Gasteiger partial charge in [-0.1, -0.05) is 28.1 Å². The molecule has 0 radical (unpaired) electrons. The highest BCUT2D eigenvalue weighted by atomic mass is 79.9. The van der Waals surface area contributed by atoms with E-state index in [1.165, 1.54) is 25.1 Å². The first-order chi connectivity index (χ1) is 9.79. The highest BCUT2D eigenvalue weighted by Crippen LogP contribution is 2.30. The summed E-state index contributed by atoms with van der Waals surface area (Å²) in [6.07, 6.45) is -1.73. The molecule has 0 heterocycles. The van der Waals surface area contributed by atoms with E-state index in [-0.39, 0.29) is 29.1 Å². The van der Waals surface area contributed by atoms with Crippen LogP contribution < -0.4 is 0 Å². The first kappa shape index (κ1) is 17.3. The second kappa shape index (κ2) is 7.33. The van der Waals surface area contributed by atoms with E-state index >= 15 is 0 Å².